The third-order valence-corrected chi connectivity index (χ3v) is 2.84. The predicted molar refractivity (Wildman–Crippen MR) is 116 cm³/mol. The van der Waals surface area contributed by atoms with Crippen LogP contribution in [0.1, 0.15) is 12.8 Å². The molecular weight excluding hydrogens is 320 g/mol. The molecule has 0 N–H and O–H groups in total. The first-order chi connectivity index (χ1) is 13.0. The van der Waals surface area contributed by atoms with Crippen molar-refractivity contribution >= 4 is 24.9 Å². The van der Waals surface area contributed by atoms with Crippen LogP contribution in [0.2, 0.25) is 0 Å². The summed E-state index contributed by atoms with van der Waals surface area (Å²) in [6.45, 7) is 1.53. The molecule has 1 aromatic rings. The van der Waals surface area contributed by atoms with Gasteiger partial charge in [-0.1, -0.05) is 72.9 Å². The second-order valence-electron chi connectivity index (χ2n) is 4.95. The van der Waals surface area contributed by atoms with Crippen molar-refractivity contribution in [3.63, 3.8) is 0 Å². The normalized spacial score (nSPS) is 15.4. The Balaban J connectivity index is 0.000000163. The lowest BCUT2D eigenvalue weighted by molar-refractivity contribution is 1.11. The molecule has 3 aliphatic heterocycles. The smallest absolute Gasteiger partial charge is 0.129 e. The highest BCUT2D eigenvalue weighted by Gasteiger charge is 1.74. The molecule has 0 saturated carbocycles. The van der Waals surface area contributed by atoms with Gasteiger partial charge in [-0.2, -0.15) is 0 Å². The Bertz CT molecular complexity index is 508. The summed E-state index contributed by atoms with van der Waals surface area (Å²) < 4.78 is 0. The fourth-order valence-corrected chi connectivity index (χ4v) is 1.62. The standard InChI is InChI=1S/C6H6.C5H6.2C4H5N.C3H4N2/c1-2-4-6-5-3-1;3*1-2-4-5-3-1;1-2-5-3-4-1/h1-6H;1-4H,5H2;1,3-4H,2H2;1-3H,4H2;1-2H,3H2. The van der Waals surface area contributed by atoms with Crippen molar-refractivity contribution in [1.82, 2.24) is 0 Å². The van der Waals surface area contributed by atoms with E-state index in [1.54, 1.807) is 24.8 Å². The first kappa shape index (κ1) is 20.9. The van der Waals surface area contributed by atoms with Crippen LogP contribution in [-0.4, -0.2) is 38.1 Å². The Hall–Kier alpha value is -3.14. The number of allylic oxidation sites excluding steroid dienone is 6. The first-order valence-corrected chi connectivity index (χ1v) is 8.61. The van der Waals surface area contributed by atoms with Crippen LogP contribution in [0.5, 0.6) is 0 Å². The van der Waals surface area contributed by atoms with Gasteiger partial charge in [-0.05, 0) is 12.5 Å². The zero-order valence-electron chi connectivity index (χ0n) is 15.0. The number of hydrogen-bond donors (Lipinski definition) is 0. The fourth-order valence-electron chi connectivity index (χ4n) is 1.62. The summed E-state index contributed by atoms with van der Waals surface area (Å²) in [5.41, 5.74) is 0. The molecule has 0 aromatic heterocycles. The van der Waals surface area contributed by atoms with Crippen molar-refractivity contribution in [2.45, 2.75) is 12.8 Å². The van der Waals surface area contributed by atoms with Gasteiger partial charge in [-0.3, -0.25) is 20.0 Å². The lowest BCUT2D eigenvalue weighted by atomic mass is 10.4. The van der Waals surface area contributed by atoms with E-state index in [2.05, 4.69) is 44.3 Å². The maximum Gasteiger partial charge on any atom is 0.129 e. The van der Waals surface area contributed by atoms with E-state index in [0.717, 1.165) is 19.4 Å². The van der Waals surface area contributed by atoms with Gasteiger partial charge in [-0.15, -0.1) is 0 Å². The highest BCUT2D eigenvalue weighted by molar-refractivity contribution is 6.17. The van der Waals surface area contributed by atoms with Gasteiger partial charge in [0.2, 0.25) is 0 Å². The zero-order chi connectivity index (χ0) is 18.4. The number of aliphatic imine (C=N–C) groups is 4. The van der Waals surface area contributed by atoms with Crippen LogP contribution < -0.4 is 0 Å². The van der Waals surface area contributed by atoms with Gasteiger partial charge >= 0.3 is 0 Å². The summed E-state index contributed by atoms with van der Waals surface area (Å²) in [6.07, 6.45) is 25.4. The third kappa shape index (κ3) is 15.7. The van der Waals surface area contributed by atoms with Crippen LogP contribution in [0.15, 0.2) is 105 Å². The molecule has 0 radical (unpaired) electrons. The molecule has 0 unspecified atom stereocenters. The monoisotopic (exact) mass is 346 g/mol. The van der Waals surface area contributed by atoms with Gasteiger partial charge < -0.3 is 0 Å². The van der Waals surface area contributed by atoms with E-state index in [1.165, 1.54) is 0 Å². The van der Waals surface area contributed by atoms with Gasteiger partial charge in [0.1, 0.15) is 6.67 Å². The summed E-state index contributed by atoms with van der Waals surface area (Å²) in [7, 11) is 0. The average Bonchev–Trinajstić information content (AvgIpc) is 3.56. The molecule has 0 bridgehead atoms. The Morgan fingerprint density at radius 3 is 1.38 bits per heavy atom. The van der Waals surface area contributed by atoms with E-state index in [9.17, 15) is 0 Å². The van der Waals surface area contributed by atoms with Crippen LogP contribution >= 0.6 is 0 Å². The van der Waals surface area contributed by atoms with Crippen LogP contribution in [0.3, 0.4) is 0 Å². The van der Waals surface area contributed by atoms with E-state index in [0.29, 0.717) is 6.67 Å². The topological polar surface area (TPSA) is 49.4 Å². The minimum Gasteiger partial charge on any atom is -0.289 e. The first-order valence-electron chi connectivity index (χ1n) is 8.61. The van der Waals surface area contributed by atoms with Gasteiger partial charge in [-0.25, -0.2) is 0 Å². The molecule has 26 heavy (non-hydrogen) atoms. The molecule has 0 saturated heterocycles. The van der Waals surface area contributed by atoms with Crippen LogP contribution in [0.4, 0.5) is 0 Å². The molecule has 4 nitrogen and oxygen atoms in total. The highest BCUT2D eigenvalue weighted by atomic mass is 14.9. The van der Waals surface area contributed by atoms with Crippen molar-refractivity contribution in [3.05, 3.63) is 85.1 Å². The van der Waals surface area contributed by atoms with E-state index < -0.39 is 0 Å². The van der Waals surface area contributed by atoms with Crippen LogP contribution in [0, 0.1) is 0 Å². The van der Waals surface area contributed by atoms with Gasteiger partial charge in [0.05, 0.1) is 6.54 Å². The molecule has 1 aliphatic carbocycles. The van der Waals surface area contributed by atoms with Crippen molar-refractivity contribution in [2.24, 2.45) is 20.0 Å². The Morgan fingerprint density at radius 2 is 1.19 bits per heavy atom. The van der Waals surface area contributed by atoms with Crippen LogP contribution in [-0.2, 0) is 0 Å². The van der Waals surface area contributed by atoms with Crippen molar-refractivity contribution < 1.29 is 0 Å². The highest BCUT2D eigenvalue weighted by Crippen LogP contribution is 1.93. The lowest BCUT2D eigenvalue weighted by Gasteiger charge is -1.69. The van der Waals surface area contributed by atoms with Gasteiger partial charge in [0, 0.05) is 37.5 Å². The predicted octanol–water partition coefficient (Wildman–Crippen LogP) is 4.89. The molecule has 4 heteroatoms. The SMILES string of the molecule is C1=CCC=C1.C1=CCN=C1.C1=CN=CC1.C1=NCN=C1.c1ccccc1. The van der Waals surface area contributed by atoms with Gasteiger partial charge in [0.25, 0.3) is 0 Å². The molecule has 0 atom stereocenters. The number of nitrogens with zero attached hydrogens (tertiary/aromatic N) is 4. The minimum atomic E-state index is 0.639. The molecule has 134 valence electrons. The maximum atomic E-state index is 3.85. The summed E-state index contributed by atoms with van der Waals surface area (Å²) in [4.78, 5) is 15.1. The zero-order valence-corrected chi connectivity index (χ0v) is 15.0. The van der Waals surface area contributed by atoms with E-state index in [-0.39, 0.29) is 0 Å². The van der Waals surface area contributed by atoms with E-state index in [4.69, 9.17) is 0 Å². The van der Waals surface area contributed by atoms with E-state index >= 15 is 0 Å². The minimum absolute atomic E-state index is 0.639. The van der Waals surface area contributed by atoms with Crippen molar-refractivity contribution in [3.8, 4) is 0 Å². The molecule has 1 aromatic carbocycles. The molecule has 0 fully saturated rings. The second-order valence-corrected chi connectivity index (χ2v) is 4.95. The molecule has 0 amide bonds. The average molecular weight is 346 g/mol. The summed E-state index contributed by atoms with van der Waals surface area (Å²) >= 11 is 0. The summed E-state index contributed by atoms with van der Waals surface area (Å²) in [5.74, 6) is 0. The molecular formula is C22H26N4. The Morgan fingerprint density at radius 1 is 0.538 bits per heavy atom. The fraction of sp³-hybridized carbons (Fsp3) is 0.182. The largest absolute Gasteiger partial charge is 0.289 e. The lowest BCUT2D eigenvalue weighted by Crippen LogP contribution is -1.56. The summed E-state index contributed by atoms with van der Waals surface area (Å²) in [6, 6.07) is 12.0. The second kappa shape index (κ2) is 18.2. The number of hydrogen-bond acceptors (Lipinski definition) is 4. The van der Waals surface area contributed by atoms with Crippen LogP contribution in [0.25, 0.3) is 0 Å². The quantitative estimate of drug-likeness (QED) is 0.642. The molecule has 4 aliphatic rings. The maximum absolute atomic E-state index is 3.85. The summed E-state index contributed by atoms with van der Waals surface area (Å²) in [5, 5.41) is 0. The van der Waals surface area contributed by atoms with E-state index in [1.807, 2.05) is 60.8 Å². The Kier molecular flexibility index (Phi) is 14.6. The number of rotatable bonds is 0. The molecule has 0 spiro atoms. The molecule has 5 rings (SSSR count). The van der Waals surface area contributed by atoms with Crippen molar-refractivity contribution in [1.29, 1.82) is 0 Å². The van der Waals surface area contributed by atoms with Gasteiger partial charge in [0.15, 0.2) is 0 Å². The Labute approximate surface area is 156 Å². The molecule has 3 heterocycles. The number of benzene rings is 1. The third-order valence-electron chi connectivity index (χ3n) is 2.84. The van der Waals surface area contributed by atoms with Crippen molar-refractivity contribution in [2.75, 3.05) is 13.2 Å².